The lowest BCUT2D eigenvalue weighted by Crippen LogP contribution is -2.49. The molecule has 0 saturated carbocycles. The van der Waals surface area contributed by atoms with Crippen molar-refractivity contribution in [1.29, 1.82) is 0 Å². The van der Waals surface area contributed by atoms with Gasteiger partial charge in [0, 0.05) is 63.5 Å². The zero-order valence-corrected chi connectivity index (χ0v) is 18.2. The molecule has 0 aliphatic carbocycles. The van der Waals surface area contributed by atoms with E-state index in [-0.39, 0.29) is 17.3 Å². The Morgan fingerprint density at radius 3 is 2.68 bits per heavy atom. The number of benzene rings is 1. The van der Waals surface area contributed by atoms with Crippen molar-refractivity contribution in [2.24, 2.45) is 0 Å². The van der Waals surface area contributed by atoms with E-state index in [0.29, 0.717) is 18.1 Å². The van der Waals surface area contributed by atoms with Crippen molar-refractivity contribution < 1.29 is 14.5 Å². The van der Waals surface area contributed by atoms with E-state index < -0.39 is 4.92 Å². The average Bonchev–Trinajstić information content (AvgIpc) is 2.80. The van der Waals surface area contributed by atoms with E-state index in [9.17, 15) is 14.9 Å². The van der Waals surface area contributed by atoms with Crippen LogP contribution in [0.15, 0.2) is 36.7 Å². The fraction of sp³-hybridized carbons (Fsp3) is 0.450. The molecule has 11 heteroatoms. The molecule has 166 valence electrons. The van der Waals surface area contributed by atoms with Crippen molar-refractivity contribution in [1.82, 2.24) is 20.2 Å². The van der Waals surface area contributed by atoms with Gasteiger partial charge in [-0.2, -0.15) is 0 Å². The molecule has 1 saturated heterocycles. The summed E-state index contributed by atoms with van der Waals surface area (Å²) in [6.07, 6.45) is 3.50. The van der Waals surface area contributed by atoms with Gasteiger partial charge in [-0.05, 0) is 17.7 Å². The molecule has 0 spiro atoms. The van der Waals surface area contributed by atoms with Crippen molar-refractivity contribution in [2.75, 3.05) is 57.0 Å². The molecule has 10 nitrogen and oxygen atoms in total. The van der Waals surface area contributed by atoms with Crippen molar-refractivity contribution in [3.05, 3.63) is 52.3 Å². The summed E-state index contributed by atoms with van der Waals surface area (Å²) in [5.41, 5.74) is 0.717. The Labute approximate surface area is 185 Å². The quantitative estimate of drug-likeness (QED) is 0.429. The molecule has 0 atom stereocenters. The Hall–Kier alpha value is -2.92. The van der Waals surface area contributed by atoms with E-state index in [1.54, 1.807) is 24.5 Å². The Bertz CT molecular complexity index is 877. The number of ether oxygens (including phenoxy) is 1. The summed E-state index contributed by atoms with van der Waals surface area (Å²) in [6.45, 7) is 4.92. The summed E-state index contributed by atoms with van der Waals surface area (Å²) in [5.74, 6) is 1.77. The Morgan fingerprint density at radius 1 is 1.26 bits per heavy atom. The number of aromatic nitrogens is 2. The molecule has 1 aliphatic rings. The van der Waals surface area contributed by atoms with Gasteiger partial charge in [0.2, 0.25) is 11.9 Å². The van der Waals surface area contributed by atoms with Gasteiger partial charge in [0.05, 0.1) is 17.8 Å². The summed E-state index contributed by atoms with van der Waals surface area (Å²) in [5, 5.41) is 14.0. The normalized spacial score (nSPS) is 14.3. The van der Waals surface area contributed by atoms with E-state index >= 15 is 0 Å². The van der Waals surface area contributed by atoms with E-state index in [1.165, 1.54) is 24.9 Å². The van der Waals surface area contributed by atoms with Gasteiger partial charge in [-0.15, -0.1) is 11.8 Å². The number of hydrogen-bond donors (Lipinski definition) is 1. The van der Waals surface area contributed by atoms with Gasteiger partial charge in [0.1, 0.15) is 0 Å². The van der Waals surface area contributed by atoms with Crippen molar-refractivity contribution in [3.8, 4) is 5.75 Å². The number of nitro groups is 1. The maximum atomic E-state index is 12.1. The average molecular weight is 447 g/mol. The molecule has 0 unspecified atom stereocenters. The number of carbonyl (C=O) groups is 1. The van der Waals surface area contributed by atoms with Gasteiger partial charge >= 0.3 is 5.69 Å². The number of thioether (sulfide) groups is 1. The first-order valence-corrected chi connectivity index (χ1v) is 11.1. The van der Waals surface area contributed by atoms with Gasteiger partial charge in [-0.25, -0.2) is 9.97 Å². The second-order valence-corrected chi connectivity index (χ2v) is 7.97. The third-order valence-corrected chi connectivity index (χ3v) is 5.90. The molecule has 0 radical (unpaired) electrons. The lowest BCUT2D eigenvalue weighted by Gasteiger charge is -2.34. The molecule has 2 heterocycles. The minimum atomic E-state index is -0.466. The monoisotopic (exact) mass is 446 g/mol. The molecule has 1 aliphatic heterocycles. The highest BCUT2D eigenvalue weighted by molar-refractivity contribution is 7.99. The van der Waals surface area contributed by atoms with Gasteiger partial charge in [0.15, 0.2) is 5.75 Å². The first kappa shape index (κ1) is 22.8. The number of nitro benzene ring substituents is 1. The summed E-state index contributed by atoms with van der Waals surface area (Å²) in [4.78, 5) is 35.8. The van der Waals surface area contributed by atoms with E-state index in [1.807, 2.05) is 6.07 Å². The minimum Gasteiger partial charge on any atom is -0.490 e. The summed E-state index contributed by atoms with van der Waals surface area (Å²) in [7, 11) is 1.40. The summed E-state index contributed by atoms with van der Waals surface area (Å²) >= 11 is 1.42. The molecule has 1 N–H and O–H groups in total. The largest absolute Gasteiger partial charge is 0.490 e. The number of nitrogens with zero attached hydrogens (tertiary/aromatic N) is 5. The van der Waals surface area contributed by atoms with E-state index in [4.69, 9.17) is 4.74 Å². The van der Waals surface area contributed by atoms with Crippen LogP contribution >= 0.6 is 11.8 Å². The SMILES string of the molecule is COc1ccc(CSCC(=O)NCCN2CCN(c3ncccn3)CC2)cc1[N+](=O)[O-]. The Kier molecular flexibility index (Phi) is 8.42. The Morgan fingerprint density at radius 2 is 2.00 bits per heavy atom. The second-order valence-electron chi connectivity index (χ2n) is 6.98. The van der Waals surface area contributed by atoms with Crippen LogP contribution in [-0.2, 0) is 10.5 Å². The highest BCUT2D eigenvalue weighted by Gasteiger charge is 2.18. The number of nitrogens with one attached hydrogen (secondary N) is 1. The van der Waals surface area contributed by atoms with Crippen LogP contribution in [0.4, 0.5) is 11.6 Å². The van der Waals surface area contributed by atoms with Crippen LogP contribution in [-0.4, -0.2) is 77.8 Å². The maximum absolute atomic E-state index is 12.1. The van der Waals surface area contributed by atoms with Crippen LogP contribution in [0.5, 0.6) is 5.75 Å². The first-order chi connectivity index (χ1) is 15.1. The van der Waals surface area contributed by atoms with Gasteiger partial charge in [-0.1, -0.05) is 6.07 Å². The predicted octanol–water partition coefficient (Wildman–Crippen LogP) is 1.56. The molecule has 3 rings (SSSR count). The summed E-state index contributed by atoms with van der Waals surface area (Å²) < 4.78 is 5.00. The van der Waals surface area contributed by atoms with Crippen molar-refractivity contribution in [2.45, 2.75) is 5.75 Å². The zero-order valence-electron chi connectivity index (χ0n) is 17.4. The molecule has 2 aromatic rings. The topological polar surface area (TPSA) is 114 Å². The lowest BCUT2D eigenvalue weighted by atomic mass is 10.2. The molecular formula is C20H26N6O4S. The molecular weight excluding hydrogens is 420 g/mol. The number of piperazine rings is 1. The van der Waals surface area contributed by atoms with Crippen LogP contribution in [0, 0.1) is 10.1 Å². The highest BCUT2D eigenvalue weighted by Crippen LogP contribution is 2.28. The molecule has 31 heavy (non-hydrogen) atoms. The number of anilines is 1. The fourth-order valence-corrected chi connectivity index (χ4v) is 4.06. The predicted molar refractivity (Wildman–Crippen MR) is 120 cm³/mol. The van der Waals surface area contributed by atoms with Crippen molar-refractivity contribution >= 4 is 29.3 Å². The van der Waals surface area contributed by atoms with Gasteiger partial charge < -0.3 is 15.0 Å². The van der Waals surface area contributed by atoms with Crippen molar-refractivity contribution in [3.63, 3.8) is 0 Å². The van der Waals surface area contributed by atoms with E-state index in [2.05, 4.69) is 25.1 Å². The highest BCUT2D eigenvalue weighted by atomic mass is 32.2. The van der Waals surface area contributed by atoms with Gasteiger partial charge in [0.25, 0.3) is 0 Å². The molecule has 1 aromatic carbocycles. The molecule has 0 bridgehead atoms. The minimum absolute atomic E-state index is 0.0377. The maximum Gasteiger partial charge on any atom is 0.311 e. The zero-order chi connectivity index (χ0) is 22.1. The number of methoxy groups -OCH3 is 1. The molecule has 1 aromatic heterocycles. The van der Waals surface area contributed by atoms with Crippen LogP contribution in [0.3, 0.4) is 0 Å². The van der Waals surface area contributed by atoms with E-state index in [0.717, 1.165) is 44.2 Å². The van der Waals surface area contributed by atoms with Crippen LogP contribution in [0.1, 0.15) is 5.56 Å². The number of carbonyl (C=O) groups excluding carboxylic acids is 1. The van der Waals surface area contributed by atoms with Crippen LogP contribution in [0.25, 0.3) is 0 Å². The van der Waals surface area contributed by atoms with Crippen LogP contribution < -0.4 is 15.0 Å². The lowest BCUT2D eigenvalue weighted by molar-refractivity contribution is -0.385. The van der Waals surface area contributed by atoms with Crippen LogP contribution in [0.2, 0.25) is 0 Å². The number of amides is 1. The smallest absolute Gasteiger partial charge is 0.311 e. The molecule has 1 amide bonds. The molecule has 1 fully saturated rings. The standard InChI is InChI=1S/C20H26N6O4S/c1-30-18-4-3-16(13-17(18)26(28)29)14-31-15-19(27)21-7-8-24-9-11-25(12-10-24)20-22-5-2-6-23-20/h2-6,13H,7-12,14-15H2,1H3,(H,21,27). The Balaban J connectivity index is 1.31. The van der Waals surface area contributed by atoms with Gasteiger partial charge in [-0.3, -0.25) is 19.8 Å². The first-order valence-electron chi connectivity index (χ1n) is 9.97. The third kappa shape index (κ3) is 6.79. The number of hydrogen-bond acceptors (Lipinski definition) is 9. The second kappa shape index (κ2) is 11.5. The number of rotatable bonds is 10. The summed E-state index contributed by atoms with van der Waals surface area (Å²) in [6, 6.07) is 6.65. The third-order valence-electron chi connectivity index (χ3n) is 4.90. The fourth-order valence-electron chi connectivity index (χ4n) is 3.26.